The van der Waals surface area contributed by atoms with Gasteiger partial charge in [-0.05, 0) is 92.6 Å². The van der Waals surface area contributed by atoms with E-state index in [2.05, 4.69) is 41.3 Å². The van der Waals surface area contributed by atoms with Crippen molar-refractivity contribution >= 4 is 22.6 Å². The maximum Gasteiger partial charge on any atom is 0.262 e. The van der Waals surface area contributed by atoms with E-state index in [1.54, 1.807) is 12.1 Å². The molecule has 4 aromatic rings. The zero-order chi connectivity index (χ0) is 21.8. The van der Waals surface area contributed by atoms with Crippen LogP contribution in [0, 0.1) is 13.8 Å². The van der Waals surface area contributed by atoms with Crippen molar-refractivity contribution in [1.82, 2.24) is 9.97 Å². The summed E-state index contributed by atoms with van der Waals surface area (Å²) >= 11 is 0. The number of carbonyl (C=O) groups is 1. The molecular weight excluding hydrogens is 390 g/mol. The number of aryl methyl sites for hydroxylation is 2. The first kappa shape index (κ1) is 20.5. The van der Waals surface area contributed by atoms with Crippen LogP contribution in [0.4, 0.5) is 5.69 Å². The number of nitrogens with one attached hydrogen (secondary N) is 2. The van der Waals surface area contributed by atoms with Crippen LogP contribution in [0.3, 0.4) is 0 Å². The number of ether oxygens (including phenoxy) is 2. The molecular formula is C25H25N3O3. The van der Waals surface area contributed by atoms with Crippen LogP contribution in [0.5, 0.6) is 11.5 Å². The zero-order valence-corrected chi connectivity index (χ0v) is 17.9. The van der Waals surface area contributed by atoms with Gasteiger partial charge in [0.25, 0.3) is 5.91 Å². The number of carbonyl (C=O) groups excluding carboxylic acids is 1. The molecule has 4 rings (SSSR count). The smallest absolute Gasteiger partial charge is 0.262 e. The Morgan fingerprint density at radius 1 is 0.935 bits per heavy atom. The van der Waals surface area contributed by atoms with Crippen LogP contribution in [-0.4, -0.2) is 29.1 Å². The van der Waals surface area contributed by atoms with Gasteiger partial charge in [0.15, 0.2) is 6.61 Å². The fourth-order valence-corrected chi connectivity index (χ4v) is 3.26. The van der Waals surface area contributed by atoms with Crippen LogP contribution < -0.4 is 14.8 Å². The molecule has 0 aliphatic carbocycles. The van der Waals surface area contributed by atoms with Gasteiger partial charge in [0, 0.05) is 11.3 Å². The number of hydrogen-bond acceptors (Lipinski definition) is 4. The molecule has 0 fully saturated rings. The third kappa shape index (κ3) is 4.86. The average molecular weight is 415 g/mol. The summed E-state index contributed by atoms with van der Waals surface area (Å²) in [5.74, 6) is 1.96. The highest BCUT2D eigenvalue weighted by Crippen LogP contribution is 2.24. The van der Waals surface area contributed by atoms with E-state index in [-0.39, 0.29) is 12.5 Å². The van der Waals surface area contributed by atoms with Crippen molar-refractivity contribution in [3.63, 3.8) is 0 Å². The highest BCUT2D eigenvalue weighted by atomic mass is 16.5. The van der Waals surface area contributed by atoms with E-state index in [1.165, 1.54) is 11.1 Å². The Morgan fingerprint density at radius 2 is 1.58 bits per heavy atom. The summed E-state index contributed by atoms with van der Waals surface area (Å²) < 4.78 is 10.9. The van der Waals surface area contributed by atoms with Crippen molar-refractivity contribution in [2.75, 3.05) is 18.5 Å². The van der Waals surface area contributed by atoms with Crippen LogP contribution in [-0.2, 0) is 4.79 Å². The molecule has 0 spiro atoms. The summed E-state index contributed by atoms with van der Waals surface area (Å²) in [6.07, 6.45) is 0. The lowest BCUT2D eigenvalue weighted by atomic mass is 10.1. The van der Waals surface area contributed by atoms with E-state index in [0.717, 1.165) is 28.2 Å². The summed E-state index contributed by atoms with van der Waals surface area (Å²) in [5, 5.41) is 2.84. The standard InChI is InChI=1S/C25H25N3O3/c1-4-30-20-9-11-21(12-10-20)31-15-24(29)26-19-7-5-18(6-8-19)25-27-22-13-16(2)17(3)14-23(22)28-25/h5-14H,4,15H2,1-3H3,(H,26,29)(H,27,28). The Morgan fingerprint density at radius 3 is 2.26 bits per heavy atom. The third-order valence-electron chi connectivity index (χ3n) is 5.04. The molecule has 0 unspecified atom stereocenters. The minimum Gasteiger partial charge on any atom is -0.494 e. The summed E-state index contributed by atoms with van der Waals surface area (Å²) in [7, 11) is 0. The number of benzene rings is 3. The van der Waals surface area contributed by atoms with Gasteiger partial charge in [0.2, 0.25) is 0 Å². The monoisotopic (exact) mass is 415 g/mol. The highest BCUT2D eigenvalue weighted by Gasteiger charge is 2.08. The van der Waals surface area contributed by atoms with Gasteiger partial charge >= 0.3 is 0 Å². The lowest BCUT2D eigenvalue weighted by Gasteiger charge is -2.09. The average Bonchev–Trinajstić information content (AvgIpc) is 3.17. The molecule has 0 saturated heterocycles. The number of fused-ring (bicyclic) bond motifs is 1. The number of imidazole rings is 1. The van der Waals surface area contributed by atoms with Gasteiger partial charge in [-0.3, -0.25) is 4.79 Å². The van der Waals surface area contributed by atoms with Gasteiger partial charge in [-0.25, -0.2) is 4.98 Å². The molecule has 0 atom stereocenters. The molecule has 31 heavy (non-hydrogen) atoms. The Bertz CT molecular complexity index is 1160. The largest absolute Gasteiger partial charge is 0.494 e. The fourth-order valence-electron chi connectivity index (χ4n) is 3.26. The summed E-state index contributed by atoms with van der Waals surface area (Å²) in [6, 6.07) is 19.0. The highest BCUT2D eigenvalue weighted by molar-refractivity contribution is 5.92. The Hall–Kier alpha value is -3.80. The number of rotatable bonds is 7. The molecule has 6 heteroatoms. The number of amides is 1. The van der Waals surface area contributed by atoms with E-state index >= 15 is 0 Å². The number of H-pyrrole nitrogens is 1. The van der Waals surface area contributed by atoms with Crippen LogP contribution in [0.1, 0.15) is 18.1 Å². The van der Waals surface area contributed by atoms with E-state index in [1.807, 2.05) is 43.3 Å². The minimum absolute atomic E-state index is 0.0714. The molecule has 2 N–H and O–H groups in total. The Balaban J connectivity index is 1.36. The number of anilines is 1. The first-order valence-corrected chi connectivity index (χ1v) is 10.2. The van der Waals surface area contributed by atoms with Crippen molar-refractivity contribution in [1.29, 1.82) is 0 Å². The van der Waals surface area contributed by atoms with Crippen LogP contribution in [0.25, 0.3) is 22.4 Å². The second-order valence-corrected chi connectivity index (χ2v) is 7.36. The molecule has 0 saturated carbocycles. The molecule has 1 amide bonds. The molecule has 6 nitrogen and oxygen atoms in total. The van der Waals surface area contributed by atoms with Gasteiger partial charge in [-0.2, -0.15) is 0 Å². The SMILES string of the molecule is CCOc1ccc(OCC(=O)Nc2ccc(-c3nc4cc(C)c(C)cc4[nH]3)cc2)cc1. The first-order chi connectivity index (χ1) is 15.0. The fraction of sp³-hybridized carbons (Fsp3) is 0.200. The van der Waals surface area contributed by atoms with E-state index in [4.69, 9.17) is 9.47 Å². The summed E-state index contributed by atoms with van der Waals surface area (Å²) in [4.78, 5) is 20.3. The first-order valence-electron chi connectivity index (χ1n) is 10.2. The molecule has 0 aliphatic rings. The van der Waals surface area contributed by atoms with Crippen molar-refractivity contribution in [2.45, 2.75) is 20.8 Å². The van der Waals surface area contributed by atoms with Gasteiger partial charge in [-0.15, -0.1) is 0 Å². The zero-order valence-electron chi connectivity index (χ0n) is 17.9. The summed E-state index contributed by atoms with van der Waals surface area (Å²) in [6.45, 7) is 6.64. The predicted octanol–water partition coefficient (Wildman–Crippen LogP) is 5.26. The number of nitrogens with zero attached hydrogens (tertiary/aromatic N) is 1. The maximum atomic E-state index is 12.2. The van der Waals surface area contributed by atoms with E-state index in [9.17, 15) is 4.79 Å². The van der Waals surface area contributed by atoms with Crippen molar-refractivity contribution < 1.29 is 14.3 Å². The minimum atomic E-state index is -0.226. The van der Waals surface area contributed by atoms with E-state index in [0.29, 0.717) is 18.0 Å². The van der Waals surface area contributed by atoms with Gasteiger partial charge in [0.05, 0.1) is 17.6 Å². The topological polar surface area (TPSA) is 76.2 Å². The molecule has 3 aromatic carbocycles. The van der Waals surface area contributed by atoms with Crippen molar-refractivity contribution in [2.24, 2.45) is 0 Å². The molecule has 1 heterocycles. The summed E-state index contributed by atoms with van der Waals surface area (Å²) in [5.41, 5.74) is 6.06. The molecule has 1 aromatic heterocycles. The van der Waals surface area contributed by atoms with Crippen LogP contribution in [0.15, 0.2) is 60.7 Å². The molecule has 0 bridgehead atoms. The van der Waals surface area contributed by atoms with Crippen molar-refractivity contribution in [3.8, 4) is 22.9 Å². The molecule has 158 valence electrons. The number of aromatic amines is 1. The maximum absolute atomic E-state index is 12.2. The Kier molecular flexibility index (Phi) is 5.89. The normalized spacial score (nSPS) is 10.8. The second kappa shape index (κ2) is 8.92. The molecule has 0 aliphatic heterocycles. The van der Waals surface area contributed by atoms with Crippen molar-refractivity contribution in [3.05, 3.63) is 71.8 Å². The van der Waals surface area contributed by atoms with Crippen LogP contribution >= 0.6 is 0 Å². The van der Waals surface area contributed by atoms with Gasteiger partial charge in [0.1, 0.15) is 17.3 Å². The Labute approximate surface area is 181 Å². The lowest BCUT2D eigenvalue weighted by Crippen LogP contribution is -2.20. The molecule has 0 radical (unpaired) electrons. The van der Waals surface area contributed by atoms with Gasteiger partial charge < -0.3 is 19.8 Å². The quantitative estimate of drug-likeness (QED) is 0.431. The number of hydrogen-bond donors (Lipinski definition) is 2. The second-order valence-electron chi connectivity index (χ2n) is 7.36. The van der Waals surface area contributed by atoms with Gasteiger partial charge in [-0.1, -0.05) is 0 Å². The number of aromatic nitrogens is 2. The predicted molar refractivity (Wildman–Crippen MR) is 123 cm³/mol. The lowest BCUT2D eigenvalue weighted by molar-refractivity contribution is -0.118. The third-order valence-corrected chi connectivity index (χ3v) is 5.04. The van der Waals surface area contributed by atoms with E-state index < -0.39 is 0 Å². The van der Waals surface area contributed by atoms with Crippen LogP contribution in [0.2, 0.25) is 0 Å².